The molecule has 0 aliphatic heterocycles. The molecule has 1 aromatic rings. The largest absolute Gasteiger partial charge is 0.356 e. The van der Waals surface area contributed by atoms with Gasteiger partial charge in [-0.05, 0) is 37.9 Å². The van der Waals surface area contributed by atoms with Crippen LogP contribution in [0, 0.1) is 5.41 Å². The molecule has 28 heavy (non-hydrogen) atoms. The molecule has 5 nitrogen and oxygen atoms in total. The van der Waals surface area contributed by atoms with Gasteiger partial charge in [-0.25, -0.2) is 0 Å². The summed E-state index contributed by atoms with van der Waals surface area (Å²) in [6.07, 6.45) is 7.57. The summed E-state index contributed by atoms with van der Waals surface area (Å²) in [5, 5.41) is 5.95. The first kappa shape index (κ1) is 22.4. The normalized spacial score (nSPS) is 15.5. The molecule has 2 amide bonds. The summed E-state index contributed by atoms with van der Waals surface area (Å²) in [6.45, 7) is 7.03. The summed E-state index contributed by atoms with van der Waals surface area (Å²) in [5.74, 6) is 0.0155. The molecule has 0 heterocycles. The number of para-hydroxylation sites is 1. The zero-order chi connectivity index (χ0) is 20.6. The van der Waals surface area contributed by atoms with E-state index in [2.05, 4.69) is 28.6 Å². The molecule has 0 radical (unpaired) electrons. The first-order valence-electron chi connectivity index (χ1n) is 10.6. The van der Waals surface area contributed by atoms with Crippen LogP contribution in [0.1, 0.15) is 71.3 Å². The lowest BCUT2D eigenvalue weighted by molar-refractivity contribution is -0.128. The Bertz CT molecular complexity index is 645. The molecule has 0 spiro atoms. The number of benzene rings is 1. The minimum atomic E-state index is -0.397. The molecule has 0 atom stereocenters. The summed E-state index contributed by atoms with van der Waals surface area (Å²) in [4.78, 5) is 26.6. The lowest BCUT2D eigenvalue weighted by Gasteiger charge is -2.31. The topological polar surface area (TPSA) is 61.4 Å². The maximum Gasteiger partial charge on any atom is 0.225 e. The Morgan fingerprint density at radius 2 is 1.79 bits per heavy atom. The van der Waals surface area contributed by atoms with Crippen LogP contribution in [0.25, 0.3) is 0 Å². The third-order valence-corrected chi connectivity index (χ3v) is 5.46. The van der Waals surface area contributed by atoms with E-state index in [1.807, 2.05) is 39.0 Å². The maximum absolute atomic E-state index is 12.4. The van der Waals surface area contributed by atoms with Crippen LogP contribution in [0.3, 0.4) is 0 Å². The molecule has 0 bridgehead atoms. The Hall–Kier alpha value is -1.88. The van der Waals surface area contributed by atoms with Crippen molar-refractivity contribution in [2.24, 2.45) is 5.41 Å². The van der Waals surface area contributed by atoms with Crippen molar-refractivity contribution in [2.75, 3.05) is 18.9 Å². The van der Waals surface area contributed by atoms with Gasteiger partial charge in [0.25, 0.3) is 0 Å². The van der Waals surface area contributed by atoms with Crippen molar-refractivity contribution in [1.82, 2.24) is 10.2 Å². The van der Waals surface area contributed by atoms with Gasteiger partial charge in [-0.2, -0.15) is 0 Å². The molecule has 156 valence electrons. The van der Waals surface area contributed by atoms with E-state index in [0.717, 1.165) is 17.8 Å². The predicted molar refractivity (Wildman–Crippen MR) is 115 cm³/mol. The van der Waals surface area contributed by atoms with E-state index in [9.17, 15) is 9.59 Å². The summed E-state index contributed by atoms with van der Waals surface area (Å²) in [7, 11) is 2.19. The second kappa shape index (κ2) is 10.6. The zero-order valence-corrected chi connectivity index (χ0v) is 18.0. The Morgan fingerprint density at radius 3 is 2.46 bits per heavy atom. The molecule has 2 N–H and O–H groups in total. The fourth-order valence-corrected chi connectivity index (χ4v) is 3.63. The van der Waals surface area contributed by atoms with Gasteiger partial charge in [0.05, 0.1) is 0 Å². The van der Waals surface area contributed by atoms with Crippen LogP contribution < -0.4 is 10.6 Å². The van der Waals surface area contributed by atoms with Crippen molar-refractivity contribution in [3.63, 3.8) is 0 Å². The first-order valence-corrected chi connectivity index (χ1v) is 10.6. The van der Waals surface area contributed by atoms with Crippen LogP contribution in [0.5, 0.6) is 0 Å². The van der Waals surface area contributed by atoms with Gasteiger partial charge in [-0.3, -0.25) is 14.5 Å². The second-order valence-electron chi connectivity index (χ2n) is 9.02. The van der Waals surface area contributed by atoms with Gasteiger partial charge in [0.1, 0.15) is 0 Å². The summed E-state index contributed by atoms with van der Waals surface area (Å²) in [5.41, 5.74) is 1.66. The molecule has 1 fully saturated rings. The van der Waals surface area contributed by atoms with Crippen LogP contribution in [-0.4, -0.2) is 36.3 Å². The van der Waals surface area contributed by atoms with E-state index >= 15 is 0 Å². The van der Waals surface area contributed by atoms with Crippen molar-refractivity contribution in [1.29, 1.82) is 0 Å². The van der Waals surface area contributed by atoms with E-state index in [1.165, 1.54) is 32.1 Å². The average Bonchev–Trinajstić information content (AvgIpc) is 2.66. The molecule has 0 unspecified atom stereocenters. The van der Waals surface area contributed by atoms with E-state index in [4.69, 9.17) is 0 Å². The standard InChI is InChI=1S/C23H37N3O2/c1-23(2,3)22(28)24-16-10-15-21(27)25-20-14-9-8-11-18(20)17-26(4)19-12-6-5-7-13-19/h8-9,11,14,19H,5-7,10,12-13,15-17H2,1-4H3,(H,24,28)(H,25,27). The molecule has 2 rings (SSSR count). The molecular weight excluding hydrogens is 350 g/mol. The minimum absolute atomic E-state index is 0.00206. The molecule has 1 aliphatic rings. The molecule has 5 heteroatoms. The smallest absolute Gasteiger partial charge is 0.225 e. The number of hydrogen-bond donors (Lipinski definition) is 2. The molecule has 1 aromatic carbocycles. The molecule has 1 saturated carbocycles. The van der Waals surface area contributed by atoms with E-state index < -0.39 is 5.41 Å². The monoisotopic (exact) mass is 387 g/mol. The average molecular weight is 388 g/mol. The van der Waals surface area contributed by atoms with Crippen LogP contribution in [-0.2, 0) is 16.1 Å². The first-order chi connectivity index (χ1) is 13.3. The summed E-state index contributed by atoms with van der Waals surface area (Å²) in [6, 6.07) is 8.70. The maximum atomic E-state index is 12.4. The fourth-order valence-electron chi connectivity index (χ4n) is 3.63. The third kappa shape index (κ3) is 7.27. The highest BCUT2D eigenvalue weighted by molar-refractivity contribution is 5.91. The van der Waals surface area contributed by atoms with Crippen molar-refractivity contribution in [3.05, 3.63) is 29.8 Å². The van der Waals surface area contributed by atoms with Gasteiger partial charge in [0.2, 0.25) is 11.8 Å². The summed E-state index contributed by atoms with van der Waals surface area (Å²) >= 11 is 0. The van der Waals surface area contributed by atoms with Gasteiger partial charge in [-0.15, -0.1) is 0 Å². The molecule has 0 saturated heterocycles. The number of nitrogens with one attached hydrogen (secondary N) is 2. The van der Waals surface area contributed by atoms with Crippen molar-refractivity contribution < 1.29 is 9.59 Å². The third-order valence-electron chi connectivity index (χ3n) is 5.46. The highest BCUT2D eigenvalue weighted by atomic mass is 16.2. The Balaban J connectivity index is 1.81. The second-order valence-corrected chi connectivity index (χ2v) is 9.02. The van der Waals surface area contributed by atoms with Crippen LogP contribution in [0.15, 0.2) is 24.3 Å². The van der Waals surface area contributed by atoms with Gasteiger partial charge in [0.15, 0.2) is 0 Å². The number of rotatable bonds is 8. The fraction of sp³-hybridized carbons (Fsp3) is 0.652. The van der Waals surface area contributed by atoms with Gasteiger partial charge >= 0.3 is 0 Å². The van der Waals surface area contributed by atoms with Crippen molar-refractivity contribution >= 4 is 17.5 Å². The number of carbonyl (C=O) groups excluding carboxylic acids is 2. The number of hydrogen-bond acceptors (Lipinski definition) is 3. The van der Waals surface area contributed by atoms with Crippen LogP contribution in [0.2, 0.25) is 0 Å². The van der Waals surface area contributed by atoms with Crippen molar-refractivity contribution in [3.8, 4) is 0 Å². The SMILES string of the molecule is CN(Cc1ccccc1NC(=O)CCCNC(=O)C(C)(C)C)C1CCCCC1. The highest BCUT2D eigenvalue weighted by Crippen LogP contribution is 2.25. The van der Waals surface area contributed by atoms with Gasteiger partial charge < -0.3 is 10.6 Å². The molecule has 1 aliphatic carbocycles. The minimum Gasteiger partial charge on any atom is -0.356 e. The molecular formula is C23H37N3O2. The van der Waals surface area contributed by atoms with Gasteiger partial charge in [0, 0.05) is 36.7 Å². The predicted octanol–water partition coefficient (Wildman–Crippen LogP) is 4.33. The number of nitrogens with zero attached hydrogens (tertiary/aromatic N) is 1. The van der Waals surface area contributed by atoms with E-state index in [-0.39, 0.29) is 11.8 Å². The van der Waals surface area contributed by atoms with E-state index in [0.29, 0.717) is 25.4 Å². The number of anilines is 1. The zero-order valence-electron chi connectivity index (χ0n) is 18.0. The van der Waals surface area contributed by atoms with Gasteiger partial charge in [-0.1, -0.05) is 58.2 Å². The lowest BCUT2D eigenvalue weighted by atomic mass is 9.94. The van der Waals surface area contributed by atoms with Crippen LogP contribution in [0.4, 0.5) is 5.69 Å². The Kier molecular flexibility index (Phi) is 8.49. The number of carbonyl (C=O) groups is 2. The Labute approximate surface area is 170 Å². The lowest BCUT2D eigenvalue weighted by Crippen LogP contribution is -2.35. The summed E-state index contributed by atoms with van der Waals surface area (Å²) < 4.78 is 0. The Morgan fingerprint density at radius 1 is 1.11 bits per heavy atom. The molecule has 0 aromatic heterocycles. The van der Waals surface area contributed by atoms with Crippen molar-refractivity contribution in [2.45, 2.75) is 78.3 Å². The van der Waals surface area contributed by atoms with E-state index in [1.54, 1.807) is 0 Å². The van der Waals surface area contributed by atoms with Crippen LogP contribution >= 0.6 is 0 Å². The number of amides is 2. The quantitative estimate of drug-likeness (QED) is 0.653. The highest BCUT2D eigenvalue weighted by Gasteiger charge is 2.21.